The first-order chi connectivity index (χ1) is 16.4. The number of aryl methyl sites for hydroxylation is 1. The standard InChI is InChI=1S/C21H14F5N5O3S/c1-30-14-7-27-6-10(16(14)18(33)31(2)20(30)34)5-15(32)29-19-28-13(8-35-19)9-3-11(22)17(12(23)4-9)21(24,25)26/h3-4,6-8H,5H2,1-2H3,(H,28,29,32). The summed E-state index contributed by atoms with van der Waals surface area (Å²) in [6.45, 7) is 0. The Balaban J connectivity index is 1.59. The summed E-state index contributed by atoms with van der Waals surface area (Å²) >= 11 is 0.881. The Hall–Kier alpha value is -3.94. The number of benzene rings is 1. The highest BCUT2D eigenvalue weighted by Crippen LogP contribution is 2.36. The fourth-order valence-corrected chi connectivity index (χ4v) is 4.24. The fraction of sp³-hybridized carbons (Fsp3) is 0.190. The van der Waals surface area contributed by atoms with Gasteiger partial charge in [-0.05, 0) is 17.7 Å². The number of hydrogen-bond donors (Lipinski definition) is 1. The molecule has 0 spiro atoms. The van der Waals surface area contributed by atoms with Crippen LogP contribution < -0.4 is 16.6 Å². The Bertz CT molecular complexity index is 1580. The summed E-state index contributed by atoms with van der Waals surface area (Å²) in [4.78, 5) is 45.3. The molecule has 3 heterocycles. The van der Waals surface area contributed by atoms with E-state index in [-0.39, 0.29) is 39.3 Å². The summed E-state index contributed by atoms with van der Waals surface area (Å²) in [5.74, 6) is -4.18. The molecule has 4 rings (SSSR count). The van der Waals surface area contributed by atoms with E-state index < -0.39 is 40.5 Å². The normalized spacial score (nSPS) is 11.7. The average Bonchev–Trinajstić information content (AvgIpc) is 3.23. The molecule has 1 amide bonds. The van der Waals surface area contributed by atoms with E-state index in [9.17, 15) is 36.3 Å². The van der Waals surface area contributed by atoms with Crippen LogP contribution >= 0.6 is 11.3 Å². The number of hydrogen-bond acceptors (Lipinski definition) is 6. The van der Waals surface area contributed by atoms with Crippen molar-refractivity contribution >= 4 is 33.3 Å². The number of fused-ring (bicyclic) bond motifs is 1. The third-order valence-electron chi connectivity index (χ3n) is 5.18. The second kappa shape index (κ2) is 8.69. The van der Waals surface area contributed by atoms with Crippen LogP contribution in [0.3, 0.4) is 0 Å². The topological polar surface area (TPSA) is 98.9 Å². The molecule has 182 valence electrons. The van der Waals surface area contributed by atoms with Gasteiger partial charge in [-0.1, -0.05) is 0 Å². The van der Waals surface area contributed by atoms with Gasteiger partial charge in [-0.25, -0.2) is 18.6 Å². The average molecular weight is 511 g/mol. The molecule has 0 bridgehead atoms. The van der Waals surface area contributed by atoms with E-state index in [2.05, 4.69) is 15.3 Å². The number of carbonyl (C=O) groups is 1. The fourth-order valence-electron chi connectivity index (χ4n) is 3.50. The maximum Gasteiger partial charge on any atom is 0.422 e. The Morgan fingerprint density at radius 2 is 1.74 bits per heavy atom. The molecule has 0 aliphatic carbocycles. The van der Waals surface area contributed by atoms with E-state index in [1.807, 2.05) is 0 Å². The van der Waals surface area contributed by atoms with Crippen LogP contribution in [0.2, 0.25) is 0 Å². The van der Waals surface area contributed by atoms with Crippen LogP contribution in [0.5, 0.6) is 0 Å². The molecule has 0 saturated heterocycles. The first kappa shape index (κ1) is 24.2. The molecule has 0 unspecified atom stereocenters. The van der Waals surface area contributed by atoms with Crippen LogP contribution in [0.25, 0.3) is 22.2 Å². The monoisotopic (exact) mass is 511 g/mol. The van der Waals surface area contributed by atoms with Crippen LogP contribution in [-0.4, -0.2) is 25.0 Å². The van der Waals surface area contributed by atoms with Crippen molar-refractivity contribution in [1.29, 1.82) is 0 Å². The van der Waals surface area contributed by atoms with Crippen molar-refractivity contribution in [3.8, 4) is 11.3 Å². The zero-order valence-corrected chi connectivity index (χ0v) is 18.7. The number of nitrogens with zero attached hydrogens (tertiary/aromatic N) is 4. The molecule has 3 aromatic heterocycles. The molecule has 35 heavy (non-hydrogen) atoms. The summed E-state index contributed by atoms with van der Waals surface area (Å²) in [5.41, 5.74) is -2.96. The van der Waals surface area contributed by atoms with Gasteiger partial charge in [0.2, 0.25) is 5.91 Å². The minimum absolute atomic E-state index is 0.0132. The molecule has 0 radical (unpaired) electrons. The number of alkyl halides is 3. The number of halogens is 5. The zero-order valence-electron chi connectivity index (χ0n) is 17.9. The van der Waals surface area contributed by atoms with Crippen molar-refractivity contribution in [3.63, 3.8) is 0 Å². The van der Waals surface area contributed by atoms with Crippen molar-refractivity contribution in [2.75, 3.05) is 5.32 Å². The lowest BCUT2D eigenvalue weighted by Crippen LogP contribution is -2.37. The molecular weight excluding hydrogens is 497 g/mol. The van der Waals surface area contributed by atoms with Crippen LogP contribution in [0, 0.1) is 11.6 Å². The number of thiazole rings is 1. The molecule has 1 N–H and O–H groups in total. The molecular formula is C21H14F5N5O3S. The summed E-state index contributed by atoms with van der Waals surface area (Å²) in [7, 11) is 2.76. The van der Waals surface area contributed by atoms with Gasteiger partial charge in [0.15, 0.2) is 5.13 Å². The Labute approximate surface area is 196 Å². The molecule has 4 aromatic rings. The molecule has 0 saturated carbocycles. The van der Waals surface area contributed by atoms with Crippen molar-refractivity contribution < 1.29 is 26.7 Å². The summed E-state index contributed by atoms with van der Waals surface area (Å²) in [6.07, 6.45) is -2.86. The molecule has 0 aliphatic rings. The summed E-state index contributed by atoms with van der Waals surface area (Å²) in [5, 5.41) is 3.92. The number of pyridine rings is 1. The van der Waals surface area contributed by atoms with Gasteiger partial charge in [-0.2, -0.15) is 13.2 Å². The van der Waals surface area contributed by atoms with Gasteiger partial charge in [-0.3, -0.25) is 23.7 Å². The lowest BCUT2D eigenvalue weighted by molar-refractivity contribution is -0.142. The minimum Gasteiger partial charge on any atom is -0.302 e. The lowest BCUT2D eigenvalue weighted by atomic mass is 10.1. The maximum absolute atomic E-state index is 13.9. The first-order valence-corrected chi connectivity index (χ1v) is 10.6. The van der Waals surface area contributed by atoms with Crippen molar-refractivity contribution in [2.45, 2.75) is 12.6 Å². The second-order valence-corrected chi connectivity index (χ2v) is 8.33. The Morgan fingerprint density at radius 3 is 2.37 bits per heavy atom. The quantitative estimate of drug-likeness (QED) is 0.425. The van der Waals surface area contributed by atoms with E-state index in [0.717, 1.165) is 15.9 Å². The number of aromatic nitrogens is 4. The van der Waals surface area contributed by atoms with Crippen LogP contribution in [0.15, 0.2) is 39.5 Å². The SMILES string of the molecule is Cn1c(=O)c2c(CC(=O)Nc3nc(-c4cc(F)c(C(F)(F)F)c(F)c4)cs3)cncc2n(C)c1=O. The van der Waals surface area contributed by atoms with E-state index in [0.29, 0.717) is 12.1 Å². The van der Waals surface area contributed by atoms with E-state index in [4.69, 9.17) is 0 Å². The van der Waals surface area contributed by atoms with Crippen molar-refractivity contribution in [2.24, 2.45) is 14.1 Å². The maximum atomic E-state index is 13.9. The summed E-state index contributed by atoms with van der Waals surface area (Å²) < 4.78 is 68.2. The van der Waals surface area contributed by atoms with E-state index >= 15 is 0 Å². The first-order valence-electron chi connectivity index (χ1n) is 9.73. The van der Waals surface area contributed by atoms with E-state index in [1.165, 1.54) is 36.4 Å². The molecule has 0 atom stereocenters. The van der Waals surface area contributed by atoms with Gasteiger partial charge < -0.3 is 5.32 Å². The molecule has 14 heteroatoms. The van der Waals surface area contributed by atoms with Crippen LogP contribution in [-0.2, 0) is 31.5 Å². The van der Waals surface area contributed by atoms with Gasteiger partial charge in [-0.15, -0.1) is 11.3 Å². The van der Waals surface area contributed by atoms with Gasteiger partial charge >= 0.3 is 11.9 Å². The highest BCUT2D eigenvalue weighted by Gasteiger charge is 2.38. The number of nitrogens with one attached hydrogen (secondary N) is 1. The van der Waals surface area contributed by atoms with Crippen LogP contribution in [0.1, 0.15) is 11.1 Å². The Morgan fingerprint density at radius 1 is 1.09 bits per heavy atom. The molecule has 0 fully saturated rings. The number of anilines is 1. The van der Waals surface area contributed by atoms with Crippen molar-refractivity contribution in [3.05, 3.63) is 73.5 Å². The van der Waals surface area contributed by atoms with Gasteiger partial charge in [0.1, 0.15) is 17.2 Å². The molecule has 0 aliphatic heterocycles. The minimum atomic E-state index is -5.20. The second-order valence-electron chi connectivity index (χ2n) is 7.47. The summed E-state index contributed by atoms with van der Waals surface area (Å²) in [6, 6.07) is 1.02. The predicted molar refractivity (Wildman–Crippen MR) is 117 cm³/mol. The van der Waals surface area contributed by atoms with Crippen LogP contribution in [0.4, 0.5) is 27.1 Å². The van der Waals surface area contributed by atoms with Gasteiger partial charge in [0.25, 0.3) is 5.56 Å². The lowest BCUT2D eigenvalue weighted by Gasteiger charge is -2.10. The zero-order chi connectivity index (χ0) is 25.7. The molecule has 8 nitrogen and oxygen atoms in total. The van der Waals surface area contributed by atoms with Gasteiger partial charge in [0, 0.05) is 31.2 Å². The highest BCUT2D eigenvalue weighted by molar-refractivity contribution is 7.14. The smallest absolute Gasteiger partial charge is 0.302 e. The number of rotatable bonds is 4. The molecule has 1 aromatic carbocycles. The third kappa shape index (κ3) is 4.43. The largest absolute Gasteiger partial charge is 0.422 e. The highest BCUT2D eigenvalue weighted by atomic mass is 32.1. The van der Waals surface area contributed by atoms with Gasteiger partial charge in [0.05, 0.1) is 29.2 Å². The third-order valence-corrected chi connectivity index (χ3v) is 5.94. The van der Waals surface area contributed by atoms with E-state index in [1.54, 1.807) is 0 Å². The Kier molecular flexibility index (Phi) is 6.00. The number of carbonyl (C=O) groups excluding carboxylic acids is 1. The predicted octanol–water partition coefficient (Wildman–Crippen LogP) is 3.23. The van der Waals surface area contributed by atoms with Crippen molar-refractivity contribution in [1.82, 2.24) is 19.1 Å². The number of amides is 1.